The number of carbonyl (C=O) groups excluding carboxylic acids is 1. The average molecular weight is 323 g/mol. The number of rotatable bonds is 7. The largest absolute Gasteiger partial charge is 0.398 e. The molecular formula is C17H26FN3O2. The van der Waals surface area contributed by atoms with E-state index in [0.29, 0.717) is 24.2 Å². The maximum atomic E-state index is 12.1. The van der Waals surface area contributed by atoms with Gasteiger partial charge in [0.25, 0.3) is 5.91 Å². The zero-order chi connectivity index (χ0) is 16.5. The van der Waals surface area contributed by atoms with Crippen LogP contribution in [0.25, 0.3) is 0 Å². The van der Waals surface area contributed by atoms with Crippen molar-refractivity contribution >= 4 is 11.6 Å². The Morgan fingerprint density at radius 3 is 3.04 bits per heavy atom. The zero-order valence-electron chi connectivity index (χ0n) is 13.5. The van der Waals surface area contributed by atoms with Crippen LogP contribution in [0.5, 0.6) is 0 Å². The lowest BCUT2D eigenvalue weighted by Crippen LogP contribution is -2.29. The third kappa shape index (κ3) is 5.80. The van der Waals surface area contributed by atoms with Gasteiger partial charge in [-0.3, -0.25) is 9.18 Å². The number of amides is 1. The van der Waals surface area contributed by atoms with Crippen LogP contribution in [0.4, 0.5) is 10.1 Å². The lowest BCUT2D eigenvalue weighted by molar-refractivity contribution is 0.0953. The number of nitrogens with two attached hydrogens (primary N) is 1. The van der Waals surface area contributed by atoms with Crippen LogP contribution in [0.3, 0.4) is 0 Å². The van der Waals surface area contributed by atoms with E-state index in [2.05, 4.69) is 10.2 Å². The lowest BCUT2D eigenvalue weighted by Gasteiger charge is -2.19. The fourth-order valence-electron chi connectivity index (χ4n) is 2.63. The first-order chi connectivity index (χ1) is 11.2. The molecule has 2 rings (SSSR count). The number of carbonyl (C=O) groups is 1. The van der Waals surface area contributed by atoms with Gasteiger partial charge in [0.1, 0.15) is 0 Å². The van der Waals surface area contributed by atoms with E-state index < -0.39 is 6.67 Å². The van der Waals surface area contributed by atoms with Crippen LogP contribution >= 0.6 is 0 Å². The van der Waals surface area contributed by atoms with Crippen LogP contribution in [0.2, 0.25) is 0 Å². The SMILES string of the molecule is Nc1ccc(CCN2CCCOCC2)cc1C(=O)NCCCF. The molecule has 3 N–H and O–H groups in total. The minimum Gasteiger partial charge on any atom is -0.398 e. The number of nitrogen functional groups attached to an aromatic ring is 1. The topological polar surface area (TPSA) is 67.6 Å². The van der Waals surface area contributed by atoms with Crippen LogP contribution in [-0.4, -0.2) is 56.9 Å². The fourth-order valence-corrected chi connectivity index (χ4v) is 2.63. The number of alkyl halides is 1. The van der Waals surface area contributed by atoms with Crippen LogP contribution in [0, 0.1) is 0 Å². The highest BCUT2D eigenvalue weighted by atomic mass is 19.1. The molecule has 1 aliphatic heterocycles. The van der Waals surface area contributed by atoms with Gasteiger partial charge in [0.15, 0.2) is 0 Å². The first-order valence-electron chi connectivity index (χ1n) is 8.23. The lowest BCUT2D eigenvalue weighted by atomic mass is 10.1. The summed E-state index contributed by atoms with van der Waals surface area (Å²) in [5.74, 6) is -0.235. The van der Waals surface area contributed by atoms with Crippen molar-refractivity contribution in [2.24, 2.45) is 0 Å². The number of benzene rings is 1. The summed E-state index contributed by atoms with van der Waals surface area (Å²) < 4.78 is 17.6. The number of halogens is 1. The van der Waals surface area contributed by atoms with E-state index in [4.69, 9.17) is 10.5 Å². The summed E-state index contributed by atoms with van der Waals surface area (Å²) in [5, 5.41) is 2.70. The minimum absolute atomic E-state index is 0.235. The van der Waals surface area contributed by atoms with Crippen molar-refractivity contribution < 1.29 is 13.9 Å². The predicted octanol–water partition coefficient (Wildman–Crippen LogP) is 1.62. The first kappa shape index (κ1) is 17.7. The molecule has 0 saturated carbocycles. The molecule has 1 heterocycles. The Kier molecular flexibility index (Phi) is 7.29. The molecule has 1 saturated heterocycles. The second kappa shape index (κ2) is 9.47. The molecule has 1 aliphatic rings. The summed E-state index contributed by atoms with van der Waals surface area (Å²) in [6, 6.07) is 5.57. The third-order valence-electron chi connectivity index (χ3n) is 3.99. The Morgan fingerprint density at radius 1 is 1.35 bits per heavy atom. The van der Waals surface area contributed by atoms with Crippen molar-refractivity contribution in [1.82, 2.24) is 10.2 Å². The average Bonchev–Trinajstić information content (AvgIpc) is 2.83. The van der Waals surface area contributed by atoms with Crippen LogP contribution < -0.4 is 11.1 Å². The molecule has 23 heavy (non-hydrogen) atoms. The second-order valence-corrected chi connectivity index (χ2v) is 5.78. The second-order valence-electron chi connectivity index (χ2n) is 5.78. The van der Waals surface area contributed by atoms with Gasteiger partial charge in [-0.15, -0.1) is 0 Å². The first-order valence-corrected chi connectivity index (χ1v) is 8.23. The molecule has 0 aliphatic carbocycles. The highest BCUT2D eigenvalue weighted by molar-refractivity contribution is 5.99. The molecule has 1 aromatic rings. The number of nitrogens with one attached hydrogen (secondary N) is 1. The van der Waals surface area contributed by atoms with E-state index in [1.807, 2.05) is 12.1 Å². The maximum Gasteiger partial charge on any atom is 0.253 e. The Morgan fingerprint density at radius 2 is 2.22 bits per heavy atom. The molecule has 128 valence electrons. The van der Waals surface area contributed by atoms with Gasteiger partial charge in [0.2, 0.25) is 0 Å². The van der Waals surface area contributed by atoms with Crippen LogP contribution in [0.1, 0.15) is 28.8 Å². The third-order valence-corrected chi connectivity index (χ3v) is 3.99. The Balaban J connectivity index is 1.91. The number of hydrogen-bond acceptors (Lipinski definition) is 4. The van der Waals surface area contributed by atoms with Gasteiger partial charge in [-0.05, 0) is 37.0 Å². The van der Waals surface area contributed by atoms with E-state index in [-0.39, 0.29) is 5.91 Å². The summed E-state index contributed by atoms with van der Waals surface area (Å²) in [6.45, 7) is 4.45. The Bertz CT molecular complexity index is 503. The van der Waals surface area contributed by atoms with E-state index in [1.54, 1.807) is 6.07 Å². The molecule has 0 unspecified atom stereocenters. The van der Waals surface area contributed by atoms with Crippen molar-refractivity contribution in [3.8, 4) is 0 Å². The van der Waals surface area contributed by atoms with Gasteiger partial charge in [-0.25, -0.2) is 0 Å². The van der Waals surface area contributed by atoms with E-state index in [1.165, 1.54) is 0 Å². The normalized spacial score (nSPS) is 16.0. The van der Waals surface area contributed by atoms with E-state index >= 15 is 0 Å². The summed E-state index contributed by atoms with van der Waals surface area (Å²) in [6.07, 6.45) is 2.25. The molecule has 0 atom stereocenters. The molecular weight excluding hydrogens is 297 g/mol. The molecule has 5 nitrogen and oxygen atoms in total. The number of ether oxygens (including phenoxy) is 1. The van der Waals surface area contributed by atoms with E-state index in [9.17, 15) is 9.18 Å². The summed E-state index contributed by atoms with van der Waals surface area (Å²) >= 11 is 0. The minimum atomic E-state index is -0.435. The molecule has 1 aromatic carbocycles. The summed E-state index contributed by atoms with van der Waals surface area (Å²) in [4.78, 5) is 14.5. The molecule has 6 heteroatoms. The van der Waals surface area contributed by atoms with Gasteiger partial charge in [-0.2, -0.15) is 0 Å². The molecule has 0 spiro atoms. The van der Waals surface area contributed by atoms with Crippen molar-refractivity contribution in [3.05, 3.63) is 29.3 Å². The van der Waals surface area contributed by atoms with Gasteiger partial charge < -0.3 is 20.7 Å². The standard InChI is InChI=1S/C17H26FN3O2/c18-6-1-7-20-17(22)15-13-14(3-4-16(15)19)5-9-21-8-2-11-23-12-10-21/h3-4,13H,1-2,5-12,19H2,(H,20,22). The summed E-state index contributed by atoms with van der Waals surface area (Å²) in [5.41, 5.74) is 7.90. The van der Waals surface area contributed by atoms with Gasteiger partial charge >= 0.3 is 0 Å². The fraction of sp³-hybridized carbons (Fsp3) is 0.588. The molecule has 1 fully saturated rings. The Hall–Kier alpha value is -1.66. The molecule has 1 amide bonds. The van der Waals surface area contributed by atoms with Crippen LogP contribution in [0.15, 0.2) is 18.2 Å². The highest BCUT2D eigenvalue weighted by Crippen LogP contribution is 2.15. The number of nitrogens with zero attached hydrogens (tertiary/aromatic N) is 1. The monoisotopic (exact) mass is 323 g/mol. The molecule has 0 radical (unpaired) electrons. The van der Waals surface area contributed by atoms with Crippen molar-refractivity contribution in [2.75, 3.05) is 51.8 Å². The van der Waals surface area contributed by atoms with Crippen molar-refractivity contribution in [2.45, 2.75) is 19.3 Å². The number of hydrogen-bond donors (Lipinski definition) is 2. The maximum absolute atomic E-state index is 12.1. The molecule has 0 aromatic heterocycles. The quantitative estimate of drug-likeness (QED) is 0.591. The van der Waals surface area contributed by atoms with Gasteiger partial charge in [-0.1, -0.05) is 6.07 Å². The highest BCUT2D eigenvalue weighted by Gasteiger charge is 2.12. The zero-order valence-corrected chi connectivity index (χ0v) is 13.5. The van der Waals surface area contributed by atoms with Gasteiger partial charge in [0.05, 0.1) is 18.8 Å². The summed E-state index contributed by atoms with van der Waals surface area (Å²) in [7, 11) is 0. The predicted molar refractivity (Wildman–Crippen MR) is 89.4 cm³/mol. The van der Waals surface area contributed by atoms with Crippen LogP contribution in [-0.2, 0) is 11.2 Å². The smallest absolute Gasteiger partial charge is 0.253 e. The van der Waals surface area contributed by atoms with E-state index in [0.717, 1.165) is 51.3 Å². The van der Waals surface area contributed by atoms with Crippen molar-refractivity contribution in [1.29, 1.82) is 0 Å². The number of anilines is 1. The molecule has 0 bridgehead atoms. The Labute approximate surface area is 137 Å². The van der Waals surface area contributed by atoms with Crippen molar-refractivity contribution in [3.63, 3.8) is 0 Å². The van der Waals surface area contributed by atoms with Gasteiger partial charge in [0, 0.05) is 38.5 Å².